The Balaban J connectivity index is 2.07. The Labute approximate surface area is 251 Å². The molecule has 12 heteroatoms. The second-order valence-corrected chi connectivity index (χ2v) is 12.9. The second-order valence-electron chi connectivity index (χ2n) is 10.6. The first kappa shape index (κ1) is 32.7. The van der Waals surface area contributed by atoms with Gasteiger partial charge in [-0.1, -0.05) is 23.7 Å². The maximum atomic E-state index is 14.0. The number of anilines is 1. The van der Waals surface area contributed by atoms with Gasteiger partial charge in [0.2, 0.25) is 11.8 Å². The molecule has 3 aromatic rings. The zero-order chi connectivity index (χ0) is 31.2. The number of halogens is 2. The molecule has 0 aliphatic rings. The molecule has 42 heavy (non-hydrogen) atoms. The molecule has 0 aliphatic heterocycles. The number of nitrogens with one attached hydrogen (secondary N) is 1. The normalized spacial score (nSPS) is 12.3. The summed E-state index contributed by atoms with van der Waals surface area (Å²) in [7, 11) is -1.54. The van der Waals surface area contributed by atoms with Gasteiger partial charge in [0, 0.05) is 23.2 Å². The summed E-state index contributed by atoms with van der Waals surface area (Å²) in [6, 6.07) is 14.6. The first-order valence-corrected chi connectivity index (χ1v) is 14.8. The summed E-state index contributed by atoms with van der Waals surface area (Å²) in [4.78, 5) is 28.2. The number of amides is 2. The van der Waals surface area contributed by atoms with Gasteiger partial charge in [-0.2, -0.15) is 0 Å². The van der Waals surface area contributed by atoms with E-state index in [1.165, 1.54) is 85.8 Å². The van der Waals surface area contributed by atoms with Crippen molar-refractivity contribution in [3.63, 3.8) is 0 Å². The minimum Gasteiger partial charge on any atom is -0.493 e. The summed E-state index contributed by atoms with van der Waals surface area (Å²) in [5.74, 6) is -1.03. The molecule has 0 saturated carbocycles. The molecule has 0 radical (unpaired) electrons. The number of carbonyl (C=O) groups excluding carboxylic acids is 2. The number of sulfonamides is 1. The molecule has 0 saturated heterocycles. The van der Waals surface area contributed by atoms with Crippen molar-refractivity contribution in [1.29, 1.82) is 0 Å². The fourth-order valence-electron chi connectivity index (χ4n) is 4.08. The Morgan fingerprint density at radius 2 is 1.55 bits per heavy atom. The van der Waals surface area contributed by atoms with Crippen LogP contribution < -0.4 is 19.1 Å². The number of nitrogens with zero attached hydrogens (tertiary/aromatic N) is 2. The van der Waals surface area contributed by atoms with Crippen LogP contribution >= 0.6 is 11.6 Å². The van der Waals surface area contributed by atoms with E-state index in [2.05, 4.69) is 5.32 Å². The Bertz CT molecular complexity index is 1510. The molecule has 1 N–H and O–H groups in total. The Morgan fingerprint density at radius 3 is 2.10 bits per heavy atom. The predicted octanol–water partition coefficient (Wildman–Crippen LogP) is 5.02. The summed E-state index contributed by atoms with van der Waals surface area (Å²) < 4.78 is 53.1. The standard InChI is InChI=1S/C30H35ClFN3O6S/c1-20(29(37)33-30(2,3)4)34(18-21-7-11-23(32)12-8-21)28(36)19-35(24-13-9-22(31)10-14-24)42(38,39)25-15-16-26(40-5)27(17-25)41-6/h7-17,20H,18-19H2,1-6H3,(H,33,37)/t20-/m1/s1. The second kappa shape index (κ2) is 13.4. The molecule has 0 bridgehead atoms. The SMILES string of the molecule is COc1ccc(S(=O)(=O)N(CC(=O)N(Cc2ccc(F)cc2)[C@H](C)C(=O)NC(C)(C)C)c2ccc(Cl)cc2)cc1OC. The third kappa shape index (κ3) is 8.13. The van der Waals surface area contributed by atoms with E-state index in [1.807, 2.05) is 20.8 Å². The van der Waals surface area contributed by atoms with Gasteiger partial charge in [-0.15, -0.1) is 0 Å². The van der Waals surface area contributed by atoms with Crippen LogP contribution in [0.1, 0.15) is 33.3 Å². The molecular weight excluding hydrogens is 585 g/mol. The smallest absolute Gasteiger partial charge is 0.264 e. The lowest BCUT2D eigenvalue weighted by Crippen LogP contribution is -2.54. The maximum Gasteiger partial charge on any atom is 0.264 e. The summed E-state index contributed by atoms with van der Waals surface area (Å²) in [6.07, 6.45) is 0. The number of methoxy groups -OCH3 is 2. The average Bonchev–Trinajstić information content (AvgIpc) is 2.94. The summed E-state index contributed by atoms with van der Waals surface area (Å²) >= 11 is 6.06. The van der Waals surface area contributed by atoms with Crippen molar-refractivity contribution in [2.75, 3.05) is 25.1 Å². The molecule has 0 aromatic heterocycles. The van der Waals surface area contributed by atoms with Gasteiger partial charge in [-0.3, -0.25) is 13.9 Å². The number of rotatable bonds is 11. The van der Waals surface area contributed by atoms with E-state index in [-0.39, 0.29) is 22.9 Å². The van der Waals surface area contributed by atoms with Gasteiger partial charge in [0.25, 0.3) is 10.0 Å². The number of hydrogen-bond acceptors (Lipinski definition) is 6. The van der Waals surface area contributed by atoms with Crippen molar-refractivity contribution in [3.05, 3.63) is 83.1 Å². The third-order valence-electron chi connectivity index (χ3n) is 6.27. The van der Waals surface area contributed by atoms with Gasteiger partial charge in [0.15, 0.2) is 11.5 Å². The summed E-state index contributed by atoms with van der Waals surface area (Å²) in [5, 5.41) is 3.23. The lowest BCUT2D eigenvalue weighted by atomic mass is 10.1. The number of carbonyl (C=O) groups is 2. The quantitative estimate of drug-likeness (QED) is 0.323. The van der Waals surface area contributed by atoms with Crippen LogP contribution in [0.3, 0.4) is 0 Å². The van der Waals surface area contributed by atoms with Gasteiger partial charge in [-0.25, -0.2) is 12.8 Å². The molecule has 0 unspecified atom stereocenters. The largest absolute Gasteiger partial charge is 0.493 e. The summed E-state index contributed by atoms with van der Waals surface area (Å²) in [6.45, 7) is 6.26. The highest BCUT2D eigenvalue weighted by molar-refractivity contribution is 7.92. The third-order valence-corrected chi connectivity index (χ3v) is 8.29. The van der Waals surface area contributed by atoms with Crippen LogP contribution in [-0.2, 0) is 26.2 Å². The molecule has 3 aromatic carbocycles. The van der Waals surface area contributed by atoms with E-state index in [0.717, 1.165) is 4.31 Å². The van der Waals surface area contributed by atoms with Crippen LogP contribution in [-0.4, -0.2) is 57.5 Å². The van der Waals surface area contributed by atoms with Crippen molar-refractivity contribution in [2.45, 2.75) is 50.7 Å². The number of benzene rings is 3. The first-order valence-electron chi connectivity index (χ1n) is 13.0. The molecule has 0 fully saturated rings. The molecule has 226 valence electrons. The van der Waals surface area contributed by atoms with E-state index < -0.39 is 45.8 Å². The first-order chi connectivity index (χ1) is 19.7. The molecule has 3 rings (SSSR count). The number of ether oxygens (including phenoxy) is 2. The highest BCUT2D eigenvalue weighted by Crippen LogP contribution is 2.32. The fourth-order valence-corrected chi connectivity index (χ4v) is 5.64. The van der Waals surface area contributed by atoms with Gasteiger partial charge >= 0.3 is 0 Å². The fraction of sp³-hybridized carbons (Fsp3) is 0.333. The highest BCUT2D eigenvalue weighted by Gasteiger charge is 2.33. The van der Waals surface area contributed by atoms with Crippen LogP contribution in [0.15, 0.2) is 71.6 Å². The van der Waals surface area contributed by atoms with Gasteiger partial charge < -0.3 is 19.7 Å². The molecule has 1 atom stereocenters. The molecule has 9 nitrogen and oxygen atoms in total. The van der Waals surface area contributed by atoms with E-state index in [0.29, 0.717) is 16.3 Å². The van der Waals surface area contributed by atoms with Gasteiger partial charge in [0.1, 0.15) is 18.4 Å². The molecule has 2 amide bonds. The van der Waals surface area contributed by atoms with E-state index >= 15 is 0 Å². The minimum absolute atomic E-state index is 0.0668. The Kier molecular flexibility index (Phi) is 10.5. The Hall–Kier alpha value is -3.83. The van der Waals surface area contributed by atoms with E-state index in [1.54, 1.807) is 6.92 Å². The lowest BCUT2D eigenvalue weighted by Gasteiger charge is -2.33. The molecule has 0 aliphatic carbocycles. The van der Waals surface area contributed by atoms with Crippen LogP contribution in [0.5, 0.6) is 11.5 Å². The van der Waals surface area contributed by atoms with Crippen molar-refractivity contribution in [1.82, 2.24) is 10.2 Å². The van der Waals surface area contributed by atoms with Gasteiger partial charge in [-0.05, 0) is 81.8 Å². The molecule has 0 spiro atoms. The average molecular weight is 620 g/mol. The lowest BCUT2D eigenvalue weighted by molar-refractivity contribution is -0.140. The summed E-state index contributed by atoms with van der Waals surface area (Å²) in [5.41, 5.74) is 0.152. The Morgan fingerprint density at radius 1 is 0.952 bits per heavy atom. The van der Waals surface area contributed by atoms with Crippen LogP contribution in [0.4, 0.5) is 10.1 Å². The topological polar surface area (TPSA) is 105 Å². The van der Waals surface area contributed by atoms with Crippen molar-refractivity contribution in [2.24, 2.45) is 0 Å². The molecular formula is C30H35ClFN3O6S. The van der Waals surface area contributed by atoms with Crippen LogP contribution in [0.25, 0.3) is 0 Å². The van der Waals surface area contributed by atoms with Crippen LogP contribution in [0.2, 0.25) is 5.02 Å². The van der Waals surface area contributed by atoms with E-state index in [4.69, 9.17) is 21.1 Å². The molecule has 0 heterocycles. The minimum atomic E-state index is -4.35. The van der Waals surface area contributed by atoms with Crippen molar-refractivity contribution < 1.29 is 31.9 Å². The predicted molar refractivity (Wildman–Crippen MR) is 160 cm³/mol. The zero-order valence-electron chi connectivity index (χ0n) is 24.4. The van der Waals surface area contributed by atoms with E-state index in [9.17, 15) is 22.4 Å². The zero-order valence-corrected chi connectivity index (χ0v) is 25.9. The van der Waals surface area contributed by atoms with Crippen LogP contribution in [0, 0.1) is 5.82 Å². The van der Waals surface area contributed by atoms with Crippen molar-refractivity contribution >= 4 is 39.1 Å². The van der Waals surface area contributed by atoms with Gasteiger partial charge in [0.05, 0.1) is 24.8 Å². The maximum absolute atomic E-state index is 14.0. The monoisotopic (exact) mass is 619 g/mol. The van der Waals surface area contributed by atoms with Crippen molar-refractivity contribution in [3.8, 4) is 11.5 Å². The number of hydrogen-bond donors (Lipinski definition) is 1. The highest BCUT2D eigenvalue weighted by atomic mass is 35.5.